The molecular weight excluding hydrogens is 186 g/mol. The molecule has 1 unspecified atom stereocenters. The lowest BCUT2D eigenvalue weighted by Crippen LogP contribution is -2.43. The highest BCUT2D eigenvalue weighted by atomic mass is 32.2. The van der Waals surface area contributed by atoms with Crippen molar-refractivity contribution in [3.05, 3.63) is 0 Å². The maximum atomic E-state index is 11.5. The summed E-state index contributed by atoms with van der Waals surface area (Å²) in [5, 5.41) is 3.02. The lowest BCUT2D eigenvalue weighted by Gasteiger charge is -2.22. The van der Waals surface area contributed by atoms with Gasteiger partial charge in [-0.3, -0.25) is 0 Å². The Morgan fingerprint density at radius 2 is 2.15 bits per heavy atom. The van der Waals surface area contributed by atoms with E-state index in [1.54, 1.807) is 0 Å². The second-order valence-corrected chi connectivity index (χ2v) is 6.09. The molecule has 0 aromatic heterocycles. The van der Waals surface area contributed by atoms with E-state index in [1.165, 1.54) is 0 Å². The Balaban J connectivity index is 2.38. The van der Waals surface area contributed by atoms with Crippen LogP contribution in [-0.4, -0.2) is 32.5 Å². The maximum Gasteiger partial charge on any atom is 0.155 e. The minimum Gasteiger partial charge on any atom is -0.314 e. The molecule has 1 heterocycles. The molecule has 1 fully saturated rings. The molecule has 1 saturated heterocycles. The highest BCUT2D eigenvalue weighted by Crippen LogP contribution is 2.13. The van der Waals surface area contributed by atoms with E-state index < -0.39 is 9.84 Å². The Morgan fingerprint density at radius 1 is 1.38 bits per heavy atom. The first-order chi connectivity index (χ1) is 6.17. The Bertz CT molecular complexity index is 236. The van der Waals surface area contributed by atoms with Crippen molar-refractivity contribution in [1.29, 1.82) is 0 Å². The smallest absolute Gasteiger partial charge is 0.155 e. The number of unbranched alkanes of at least 4 members (excludes halogenated alkanes) is 2. The molecule has 0 aliphatic carbocycles. The first kappa shape index (κ1) is 11.0. The zero-order chi connectivity index (χ0) is 9.73. The van der Waals surface area contributed by atoms with Gasteiger partial charge in [0.2, 0.25) is 0 Å². The van der Waals surface area contributed by atoms with Crippen LogP contribution in [-0.2, 0) is 9.84 Å². The third-order valence-electron chi connectivity index (χ3n) is 2.57. The number of nitrogens with one attached hydrogen (secondary N) is 1. The summed E-state index contributed by atoms with van der Waals surface area (Å²) in [5.41, 5.74) is 0. The van der Waals surface area contributed by atoms with Crippen LogP contribution in [0.4, 0.5) is 0 Å². The largest absolute Gasteiger partial charge is 0.314 e. The van der Waals surface area contributed by atoms with Crippen LogP contribution in [0.15, 0.2) is 0 Å². The third kappa shape index (κ3) is 3.27. The van der Waals surface area contributed by atoms with E-state index in [4.69, 9.17) is 0 Å². The zero-order valence-corrected chi connectivity index (χ0v) is 9.07. The van der Waals surface area contributed by atoms with Gasteiger partial charge in [0.25, 0.3) is 0 Å². The van der Waals surface area contributed by atoms with Crippen LogP contribution >= 0.6 is 0 Å². The lowest BCUT2D eigenvalue weighted by molar-refractivity contribution is 0.520. The molecule has 0 spiro atoms. The van der Waals surface area contributed by atoms with E-state index in [9.17, 15) is 8.42 Å². The van der Waals surface area contributed by atoms with E-state index in [2.05, 4.69) is 12.2 Å². The van der Waals surface area contributed by atoms with Crippen molar-refractivity contribution >= 4 is 9.84 Å². The van der Waals surface area contributed by atoms with Crippen LogP contribution in [0, 0.1) is 0 Å². The Labute approximate surface area is 80.8 Å². The Morgan fingerprint density at radius 3 is 2.77 bits per heavy atom. The van der Waals surface area contributed by atoms with Gasteiger partial charge in [0, 0.05) is 13.1 Å². The molecule has 1 N–H and O–H groups in total. The molecule has 0 saturated carbocycles. The monoisotopic (exact) mass is 205 g/mol. The summed E-state index contributed by atoms with van der Waals surface area (Å²) in [7, 11) is -2.77. The summed E-state index contributed by atoms with van der Waals surface area (Å²) < 4.78 is 23.1. The highest BCUT2D eigenvalue weighted by Gasteiger charge is 2.27. The molecule has 0 radical (unpaired) electrons. The normalized spacial score (nSPS) is 27.3. The molecule has 1 atom stereocenters. The summed E-state index contributed by atoms with van der Waals surface area (Å²) >= 11 is 0. The lowest BCUT2D eigenvalue weighted by atomic mass is 10.1. The van der Waals surface area contributed by atoms with Gasteiger partial charge in [-0.1, -0.05) is 26.2 Å². The van der Waals surface area contributed by atoms with Crippen molar-refractivity contribution < 1.29 is 8.42 Å². The predicted molar refractivity (Wildman–Crippen MR) is 54.6 cm³/mol. The number of rotatable bonds is 4. The molecule has 1 rings (SSSR count). The maximum absolute atomic E-state index is 11.5. The molecular formula is C9H19NO2S. The van der Waals surface area contributed by atoms with Crippen molar-refractivity contribution in [1.82, 2.24) is 5.32 Å². The first-order valence-electron chi connectivity index (χ1n) is 5.09. The van der Waals surface area contributed by atoms with Crippen LogP contribution in [0.2, 0.25) is 0 Å². The molecule has 3 nitrogen and oxygen atoms in total. The second kappa shape index (κ2) is 4.96. The summed E-state index contributed by atoms with van der Waals surface area (Å²) in [6, 6.07) is 0. The molecule has 1 aliphatic heterocycles. The summed E-state index contributed by atoms with van der Waals surface area (Å²) in [5.74, 6) is 0.323. The highest BCUT2D eigenvalue weighted by molar-refractivity contribution is 7.92. The van der Waals surface area contributed by atoms with Gasteiger partial charge in [-0.15, -0.1) is 0 Å². The van der Waals surface area contributed by atoms with Crippen LogP contribution < -0.4 is 5.32 Å². The Hall–Kier alpha value is -0.0900. The van der Waals surface area contributed by atoms with E-state index in [-0.39, 0.29) is 5.25 Å². The molecule has 0 amide bonds. The van der Waals surface area contributed by atoms with Crippen molar-refractivity contribution in [2.75, 3.05) is 18.8 Å². The fourth-order valence-corrected chi connectivity index (χ4v) is 3.33. The van der Waals surface area contributed by atoms with Crippen molar-refractivity contribution in [3.63, 3.8) is 0 Å². The standard InChI is InChI=1S/C9H19NO2S/c1-2-3-4-5-9-8-10-6-7-13(9,11)12/h9-10H,2-8H2,1H3. The zero-order valence-electron chi connectivity index (χ0n) is 8.25. The fourth-order valence-electron chi connectivity index (χ4n) is 1.67. The third-order valence-corrected chi connectivity index (χ3v) is 4.76. The first-order valence-corrected chi connectivity index (χ1v) is 6.80. The Kier molecular flexibility index (Phi) is 4.19. The van der Waals surface area contributed by atoms with E-state index in [0.29, 0.717) is 18.8 Å². The number of hydrogen-bond donors (Lipinski definition) is 1. The summed E-state index contributed by atoms with van der Waals surface area (Å²) in [6.45, 7) is 3.42. The van der Waals surface area contributed by atoms with E-state index >= 15 is 0 Å². The topological polar surface area (TPSA) is 46.2 Å². The summed E-state index contributed by atoms with van der Waals surface area (Å²) in [6.07, 6.45) is 4.18. The molecule has 4 heteroatoms. The van der Waals surface area contributed by atoms with E-state index in [0.717, 1.165) is 25.7 Å². The van der Waals surface area contributed by atoms with Crippen LogP contribution in [0.1, 0.15) is 32.6 Å². The molecule has 0 aromatic carbocycles. The molecule has 0 bridgehead atoms. The number of sulfone groups is 1. The fraction of sp³-hybridized carbons (Fsp3) is 1.00. The van der Waals surface area contributed by atoms with Gasteiger partial charge in [0.1, 0.15) is 0 Å². The SMILES string of the molecule is CCCCCC1CNCCS1(=O)=O. The van der Waals surface area contributed by atoms with Gasteiger partial charge in [-0.2, -0.15) is 0 Å². The van der Waals surface area contributed by atoms with E-state index in [1.807, 2.05) is 0 Å². The molecule has 78 valence electrons. The van der Waals surface area contributed by atoms with Crippen molar-refractivity contribution in [3.8, 4) is 0 Å². The second-order valence-electron chi connectivity index (χ2n) is 3.69. The van der Waals surface area contributed by atoms with Crippen molar-refractivity contribution in [2.24, 2.45) is 0 Å². The van der Waals surface area contributed by atoms with Gasteiger partial charge in [0.15, 0.2) is 9.84 Å². The van der Waals surface area contributed by atoms with Gasteiger partial charge < -0.3 is 5.32 Å². The predicted octanol–water partition coefficient (Wildman–Crippen LogP) is 0.953. The van der Waals surface area contributed by atoms with Gasteiger partial charge >= 0.3 is 0 Å². The van der Waals surface area contributed by atoms with Crippen LogP contribution in [0.3, 0.4) is 0 Å². The molecule has 0 aromatic rings. The number of hydrogen-bond acceptors (Lipinski definition) is 3. The van der Waals surface area contributed by atoms with Gasteiger partial charge in [-0.25, -0.2) is 8.42 Å². The van der Waals surface area contributed by atoms with Crippen LogP contribution in [0.25, 0.3) is 0 Å². The minimum atomic E-state index is -2.77. The van der Waals surface area contributed by atoms with Gasteiger partial charge in [0.05, 0.1) is 11.0 Å². The molecule has 1 aliphatic rings. The average molecular weight is 205 g/mol. The van der Waals surface area contributed by atoms with Crippen LogP contribution in [0.5, 0.6) is 0 Å². The summed E-state index contributed by atoms with van der Waals surface area (Å²) in [4.78, 5) is 0. The molecule has 13 heavy (non-hydrogen) atoms. The minimum absolute atomic E-state index is 0.118. The average Bonchev–Trinajstić information content (AvgIpc) is 2.08. The van der Waals surface area contributed by atoms with Gasteiger partial charge in [-0.05, 0) is 6.42 Å². The quantitative estimate of drug-likeness (QED) is 0.695. The van der Waals surface area contributed by atoms with Crippen molar-refractivity contribution in [2.45, 2.75) is 37.9 Å².